The van der Waals surface area contributed by atoms with Crippen LogP contribution in [0.2, 0.25) is 0 Å². The van der Waals surface area contributed by atoms with Crippen molar-refractivity contribution >= 4 is 11.8 Å². The summed E-state index contributed by atoms with van der Waals surface area (Å²) in [5.74, 6) is 0.443. The third-order valence-electron chi connectivity index (χ3n) is 6.03. The van der Waals surface area contributed by atoms with Crippen LogP contribution in [0.25, 0.3) is 0 Å². The number of likely N-dealkylation sites (tertiary alicyclic amines) is 1. The molecule has 2 saturated heterocycles. The summed E-state index contributed by atoms with van der Waals surface area (Å²) in [5.41, 5.74) is 0. The zero-order valence-corrected chi connectivity index (χ0v) is 15.7. The van der Waals surface area contributed by atoms with Gasteiger partial charge in [-0.3, -0.25) is 19.4 Å². The summed E-state index contributed by atoms with van der Waals surface area (Å²) in [6.45, 7) is 7.63. The van der Waals surface area contributed by atoms with Crippen LogP contribution in [-0.4, -0.2) is 84.4 Å². The van der Waals surface area contributed by atoms with Gasteiger partial charge in [0.1, 0.15) is 0 Å². The first-order valence-electron chi connectivity index (χ1n) is 10.2. The van der Waals surface area contributed by atoms with Crippen LogP contribution in [0.1, 0.15) is 51.9 Å². The van der Waals surface area contributed by atoms with Crippen LogP contribution in [0.15, 0.2) is 0 Å². The van der Waals surface area contributed by atoms with Crippen LogP contribution in [0.3, 0.4) is 0 Å². The normalized spacial score (nSPS) is 26.8. The van der Waals surface area contributed by atoms with Gasteiger partial charge in [0.05, 0.1) is 13.1 Å². The van der Waals surface area contributed by atoms with E-state index in [1.165, 1.54) is 19.3 Å². The maximum atomic E-state index is 12.5. The second kappa shape index (κ2) is 8.99. The third-order valence-corrected chi connectivity index (χ3v) is 6.03. The molecule has 1 saturated carbocycles. The molecule has 3 rings (SSSR count). The van der Waals surface area contributed by atoms with E-state index in [2.05, 4.69) is 26.9 Å². The molecule has 25 heavy (non-hydrogen) atoms. The zero-order valence-electron chi connectivity index (χ0n) is 15.7. The van der Waals surface area contributed by atoms with E-state index in [9.17, 15) is 9.59 Å². The molecule has 0 radical (unpaired) electrons. The molecule has 6 heteroatoms. The molecule has 0 aromatic carbocycles. The topological polar surface area (TPSA) is 55.9 Å². The molecule has 1 atom stereocenters. The minimum absolute atomic E-state index is 0.165. The van der Waals surface area contributed by atoms with Gasteiger partial charge in [0.15, 0.2) is 0 Å². The second-order valence-electron chi connectivity index (χ2n) is 8.03. The van der Waals surface area contributed by atoms with Crippen LogP contribution >= 0.6 is 0 Å². The number of hydrogen-bond acceptors (Lipinski definition) is 4. The molecule has 6 nitrogen and oxygen atoms in total. The zero-order chi connectivity index (χ0) is 17.6. The maximum Gasteiger partial charge on any atom is 0.236 e. The maximum absolute atomic E-state index is 12.5. The van der Waals surface area contributed by atoms with E-state index in [1.54, 1.807) is 0 Å². The van der Waals surface area contributed by atoms with E-state index < -0.39 is 0 Å². The third kappa shape index (κ3) is 5.42. The van der Waals surface area contributed by atoms with Gasteiger partial charge < -0.3 is 10.2 Å². The van der Waals surface area contributed by atoms with Gasteiger partial charge in [-0.2, -0.15) is 0 Å². The summed E-state index contributed by atoms with van der Waals surface area (Å²) in [6.07, 6.45) is 8.27. The quantitative estimate of drug-likeness (QED) is 0.806. The number of piperazine rings is 1. The van der Waals surface area contributed by atoms with Gasteiger partial charge in [0, 0.05) is 44.8 Å². The van der Waals surface area contributed by atoms with Crippen LogP contribution in [-0.2, 0) is 9.59 Å². The molecule has 0 bridgehead atoms. The van der Waals surface area contributed by atoms with Crippen molar-refractivity contribution in [3.05, 3.63) is 0 Å². The molecule has 0 aromatic rings. The van der Waals surface area contributed by atoms with E-state index in [1.807, 2.05) is 0 Å². The Kier molecular flexibility index (Phi) is 6.70. The van der Waals surface area contributed by atoms with Gasteiger partial charge >= 0.3 is 0 Å². The Balaban J connectivity index is 1.35. The highest BCUT2D eigenvalue weighted by atomic mass is 16.2. The fourth-order valence-electron chi connectivity index (χ4n) is 4.40. The Morgan fingerprint density at radius 3 is 2.08 bits per heavy atom. The minimum atomic E-state index is 0.165. The summed E-state index contributed by atoms with van der Waals surface area (Å²) in [5, 5.41) is 3.16. The lowest BCUT2D eigenvalue weighted by Gasteiger charge is -2.38. The Morgan fingerprint density at radius 1 is 0.840 bits per heavy atom. The largest absolute Gasteiger partial charge is 0.352 e. The van der Waals surface area contributed by atoms with E-state index in [4.69, 9.17) is 0 Å². The highest BCUT2D eigenvalue weighted by Crippen LogP contribution is 2.18. The van der Waals surface area contributed by atoms with Crippen molar-refractivity contribution in [1.29, 1.82) is 0 Å². The Hall–Kier alpha value is -1.14. The lowest BCUT2D eigenvalue weighted by molar-refractivity contribution is -0.136. The van der Waals surface area contributed by atoms with Crippen molar-refractivity contribution in [2.45, 2.75) is 64.0 Å². The summed E-state index contributed by atoms with van der Waals surface area (Å²) >= 11 is 0. The van der Waals surface area contributed by atoms with Gasteiger partial charge in [0.2, 0.25) is 11.8 Å². The number of hydrogen-bond donors (Lipinski definition) is 1. The average molecular weight is 351 g/mol. The number of nitrogens with zero attached hydrogens (tertiary/aromatic N) is 3. The standard InChI is InChI=1S/C19H34N4O2/c1-16-6-4-5-9-23(16)19(25)15-22-12-10-21(11-13-22)14-18(24)20-17-7-2-3-8-17/h16-17H,2-15H2,1H3,(H,20,24). The smallest absolute Gasteiger partial charge is 0.236 e. The molecule has 3 fully saturated rings. The highest BCUT2D eigenvalue weighted by molar-refractivity contribution is 5.79. The van der Waals surface area contributed by atoms with Gasteiger partial charge in [-0.15, -0.1) is 0 Å². The molecule has 0 aromatic heterocycles. The van der Waals surface area contributed by atoms with Crippen molar-refractivity contribution in [3.63, 3.8) is 0 Å². The average Bonchev–Trinajstić information content (AvgIpc) is 3.10. The first-order chi connectivity index (χ1) is 12.1. The fourth-order valence-corrected chi connectivity index (χ4v) is 4.40. The van der Waals surface area contributed by atoms with Gasteiger partial charge in [-0.1, -0.05) is 12.8 Å². The van der Waals surface area contributed by atoms with E-state index in [-0.39, 0.29) is 11.8 Å². The molecule has 2 heterocycles. The van der Waals surface area contributed by atoms with Crippen LogP contribution in [0.5, 0.6) is 0 Å². The molecular formula is C19H34N4O2. The molecule has 142 valence electrons. The number of carbonyl (C=O) groups is 2. The first kappa shape index (κ1) is 18.6. The molecule has 2 amide bonds. The summed E-state index contributed by atoms with van der Waals surface area (Å²) < 4.78 is 0. The summed E-state index contributed by atoms with van der Waals surface area (Å²) in [4.78, 5) is 31.2. The molecule has 1 aliphatic carbocycles. The number of nitrogens with one attached hydrogen (secondary N) is 1. The van der Waals surface area contributed by atoms with Crippen molar-refractivity contribution < 1.29 is 9.59 Å². The van der Waals surface area contributed by atoms with Gasteiger partial charge in [-0.25, -0.2) is 0 Å². The molecule has 1 N–H and O–H groups in total. The number of piperidine rings is 1. The van der Waals surface area contributed by atoms with E-state index >= 15 is 0 Å². The molecule has 0 spiro atoms. The highest BCUT2D eigenvalue weighted by Gasteiger charge is 2.27. The van der Waals surface area contributed by atoms with Gasteiger partial charge in [0.25, 0.3) is 0 Å². The Bertz CT molecular complexity index is 456. The summed E-state index contributed by atoms with van der Waals surface area (Å²) in [6, 6.07) is 0.791. The molecular weight excluding hydrogens is 316 g/mol. The first-order valence-corrected chi connectivity index (χ1v) is 10.2. The van der Waals surface area contributed by atoms with Crippen molar-refractivity contribution in [1.82, 2.24) is 20.0 Å². The number of rotatable bonds is 5. The Labute approximate surface area is 151 Å². The molecule has 3 aliphatic rings. The summed E-state index contributed by atoms with van der Waals surface area (Å²) in [7, 11) is 0. The lowest BCUT2D eigenvalue weighted by Crippen LogP contribution is -2.53. The monoisotopic (exact) mass is 350 g/mol. The predicted molar refractivity (Wildman–Crippen MR) is 98.3 cm³/mol. The van der Waals surface area contributed by atoms with E-state index in [0.717, 1.165) is 58.4 Å². The molecule has 1 unspecified atom stereocenters. The fraction of sp³-hybridized carbons (Fsp3) is 0.895. The van der Waals surface area contributed by atoms with Crippen molar-refractivity contribution in [3.8, 4) is 0 Å². The second-order valence-corrected chi connectivity index (χ2v) is 8.03. The van der Waals surface area contributed by atoms with Crippen LogP contribution < -0.4 is 5.32 Å². The SMILES string of the molecule is CC1CCCCN1C(=O)CN1CCN(CC(=O)NC2CCCC2)CC1. The predicted octanol–water partition coefficient (Wildman–Crippen LogP) is 1.06. The van der Waals surface area contributed by atoms with Crippen molar-refractivity contribution in [2.24, 2.45) is 0 Å². The van der Waals surface area contributed by atoms with E-state index in [0.29, 0.717) is 25.2 Å². The molecule has 2 aliphatic heterocycles. The number of amides is 2. The minimum Gasteiger partial charge on any atom is -0.352 e. The Morgan fingerprint density at radius 2 is 1.44 bits per heavy atom. The van der Waals surface area contributed by atoms with Crippen molar-refractivity contribution in [2.75, 3.05) is 45.8 Å². The van der Waals surface area contributed by atoms with Gasteiger partial charge in [-0.05, 0) is 39.0 Å². The van der Waals surface area contributed by atoms with Crippen LogP contribution in [0, 0.1) is 0 Å². The lowest BCUT2D eigenvalue weighted by atomic mass is 10.0. The van der Waals surface area contributed by atoms with Crippen LogP contribution in [0.4, 0.5) is 0 Å². The number of carbonyl (C=O) groups excluding carboxylic acids is 2.